The summed E-state index contributed by atoms with van der Waals surface area (Å²) in [7, 11) is 0. The van der Waals surface area contributed by atoms with Gasteiger partial charge < -0.3 is 4.90 Å². The summed E-state index contributed by atoms with van der Waals surface area (Å²) < 4.78 is 0. The lowest BCUT2D eigenvalue weighted by molar-refractivity contribution is 0.353. The molecule has 0 heterocycles. The zero-order chi connectivity index (χ0) is 41.1. The van der Waals surface area contributed by atoms with Crippen LogP contribution in [-0.2, 0) is 16.2 Å². The average Bonchev–Trinajstić information content (AvgIpc) is 3.81. The first-order valence-electron chi connectivity index (χ1n) is 22.5. The van der Waals surface area contributed by atoms with E-state index in [0.29, 0.717) is 0 Å². The highest BCUT2D eigenvalue weighted by atomic mass is 15.1. The zero-order valence-corrected chi connectivity index (χ0v) is 35.7. The predicted octanol–water partition coefficient (Wildman–Crippen LogP) is 16.3. The number of nitrogens with zero attached hydrogens (tertiary/aromatic N) is 1. The van der Waals surface area contributed by atoms with Crippen molar-refractivity contribution < 1.29 is 0 Å². The molecule has 4 aliphatic rings. The molecule has 1 heteroatoms. The molecule has 0 N–H and O–H groups in total. The fourth-order valence-electron chi connectivity index (χ4n) is 12.4. The molecule has 1 nitrogen and oxygen atoms in total. The van der Waals surface area contributed by atoms with Crippen LogP contribution < -0.4 is 4.90 Å². The Bertz CT molecular complexity index is 3080. The van der Waals surface area contributed by atoms with E-state index in [2.05, 4.69) is 209 Å². The molecular weight excluding hydrogens is 735 g/mol. The van der Waals surface area contributed by atoms with Gasteiger partial charge in [-0.05, 0) is 121 Å². The number of benzene rings is 8. The second-order valence-electron chi connectivity index (χ2n) is 19.1. The van der Waals surface area contributed by atoms with Crippen molar-refractivity contribution in [1.82, 2.24) is 0 Å². The minimum Gasteiger partial charge on any atom is -0.309 e. The van der Waals surface area contributed by atoms with Gasteiger partial charge in [0.25, 0.3) is 0 Å². The van der Waals surface area contributed by atoms with Gasteiger partial charge in [0.2, 0.25) is 0 Å². The number of hydrogen-bond acceptors (Lipinski definition) is 1. The predicted molar refractivity (Wildman–Crippen MR) is 256 cm³/mol. The average molecular weight is 786 g/mol. The standard InChI is InChI=1S/C60H51N/c1-58(2)50-26-11-6-20-42(50)45-33-31-39(37-53(45)58)41-19-9-14-29-55(41)61(40-32-34-46-43-21-8-13-28-52(43)60(54(46)38-40)35-16-5-17-36-60)56-30-15-10-23-47(56)49-25-18-24-48-44-22-7-12-27-51(44)59(3,4)57(48)49/h6-15,18-34,37-38H,5,16-17,35-36H2,1-4H3. The number of hydrogen-bond donors (Lipinski definition) is 0. The molecule has 0 bridgehead atoms. The Kier molecular flexibility index (Phi) is 7.93. The second kappa shape index (κ2) is 13.3. The molecule has 8 aromatic carbocycles. The smallest absolute Gasteiger partial charge is 0.0540 e. The van der Waals surface area contributed by atoms with E-state index in [9.17, 15) is 0 Å². The maximum absolute atomic E-state index is 2.60. The van der Waals surface area contributed by atoms with E-state index in [4.69, 9.17) is 0 Å². The van der Waals surface area contributed by atoms with Crippen LogP contribution in [0.15, 0.2) is 176 Å². The maximum Gasteiger partial charge on any atom is 0.0540 e. The molecule has 1 spiro atoms. The molecule has 8 aromatic rings. The van der Waals surface area contributed by atoms with Crippen LogP contribution in [0.2, 0.25) is 0 Å². The van der Waals surface area contributed by atoms with Gasteiger partial charge in [-0.25, -0.2) is 0 Å². The molecule has 12 rings (SSSR count). The Morgan fingerprint density at radius 2 is 0.820 bits per heavy atom. The number of para-hydroxylation sites is 2. The minimum absolute atomic E-state index is 0.0432. The first-order valence-corrected chi connectivity index (χ1v) is 22.5. The lowest BCUT2D eigenvalue weighted by Crippen LogP contribution is -2.28. The molecule has 0 amide bonds. The summed E-state index contributed by atoms with van der Waals surface area (Å²) in [4.78, 5) is 2.60. The van der Waals surface area contributed by atoms with Gasteiger partial charge in [-0.3, -0.25) is 0 Å². The van der Waals surface area contributed by atoms with Crippen LogP contribution in [0, 0.1) is 0 Å². The summed E-state index contributed by atoms with van der Waals surface area (Å²) in [6, 6.07) is 67.2. The Labute approximate surface area is 361 Å². The highest BCUT2D eigenvalue weighted by Crippen LogP contribution is 2.59. The van der Waals surface area contributed by atoms with Crippen molar-refractivity contribution in [2.24, 2.45) is 0 Å². The maximum atomic E-state index is 2.60. The monoisotopic (exact) mass is 785 g/mol. The number of anilines is 3. The number of rotatable bonds is 5. The van der Waals surface area contributed by atoms with Gasteiger partial charge in [0, 0.05) is 33.1 Å². The quantitative estimate of drug-likeness (QED) is 0.168. The molecule has 1 saturated carbocycles. The topological polar surface area (TPSA) is 3.24 Å². The molecule has 4 aliphatic carbocycles. The SMILES string of the molecule is CC1(C)c2ccccc2-c2ccc(-c3ccccc3N(c3ccc4c(c3)C3(CCCCC3)c3ccccc3-4)c3ccccc3-c3cccc4c3C(C)(C)c3ccccc3-4)cc21. The lowest BCUT2D eigenvalue weighted by Gasteiger charge is -2.37. The molecule has 296 valence electrons. The van der Waals surface area contributed by atoms with Gasteiger partial charge in [0.1, 0.15) is 0 Å². The Morgan fingerprint density at radius 1 is 0.344 bits per heavy atom. The van der Waals surface area contributed by atoms with Gasteiger partial charge in [-0.1, -0.05) is 193 Å². The van der Waals surface area contributed by atoms with E-state index in [0.717, 1.165) is 0 Å². The third-order valence-corrected chi connectivity index (χ3v) is 15.3. The number of fused-ring (bicyclic) bond motifs is 11. The van der Waals surface area contributed by atoms with Crippen LogP contribution in [-0.4, -0.2) is 0 Å². The normalized spacial score (nSPS) is 16.6. The fraction of sp³-hybridized carbons (Fsp3) is 0.200. The second-order valence-corrected chi connectivity index (χ2v) is 19.1. The first kappa shape index (κ1) is 36.4. The molecule has 0 aromatic heterocycles. The van der Waals surface area contributed by atoms with Gasteiger partial charge in [0.05, 0.1) is 11.4 Å². The Balaban J connectivity index is 1.10. The van der Waals surface area contributed by atoms with Crippen molar-refractivity contribution in [3.05, 3.63) is 209 Å². The molecule has 1 fully saturated rings. The third kappa shape index (κ3) is 5.13. The van der Waals surface area contributed by atoms with Crippen molar-refractivity contribution >= 4 is 17.1 Å². The van der Waals surface area contributed by atoms with Crippen molar-refractivity contribution in [2.45, 2.75) is 76.0 Å². The van der Waals surface area contributed by atoms with Gasteiger partial charge in [-0.2, -0.15) is 0 Å². The van der Waals surface area contributed by atoms with Gasteiger partial charge in [0.15, 0.2) is 0 Å². The summed E-state index contributed by atoms with van der Waals surface area (Å²) in [6.45, 7) is 9.59. The Hall–Kier alpha value is -6.44. The summed E-state index contributed by atoms with van der Waals surface area (Å²) >= 11 is 0. The van der Waals surface area contributed by atoms with Crippen LogP contribution in [0.4, 0.5) is 17.1 Å². The highest BCUT2D eigenvalue weighted by molar-refractivity contribution is 5.98. The molecule has 0 unspecified atom stereocenters. The van der Waals surface area contributed by atoms with Crippen LogP contribution in [0.3, 0.4) is 0 Å². The van der Waals surface area contributed by atoms with E-state index >= 15 is 0 Å². The fourth-order valence-corrected chi connectivity index (χ4v) is 12.4. The summed E-state index contributed by atoms with van der Waals surface area (Å²) in [5, 5.41) is 0. The molecule has 0 radical (unpaired) electrons. The van der Waals surface area contributed by atoms with Crippen molar-refractivity contribution in [3.63, 3.8) is 0 Å². The van der Waals surface area contributed by atoms with E-state index in [1.165, 1.54) is 138 Å². The van der Waals surface area contributed by atoms with Crippen molar-refractivity contribution in [3.8, 4) is 55.6 Å². The molecule has 0 atom stereocenters. The van der Waals surface area contributed by atoms with Gasteiger partial charge in [-0.15, -0.1) is 0 Å². The van der Waals surface area contributed by atoms with E-state index in [-0.39, 0.29) is 16.2 Å². The minimum atomic E-state index is -0.153. The van der Waals surface area contributed by atoms with Crippen molar-refractivity contribution in [1.29, 1.82) is 0 Å². The van der Waals surface area contributed by atoms with E-state index in [1.807, 2.05) is 0 Å². The van der Waals surface area contributed by atoms with Crippen LogP contribution in [0.5, 0.6) is 0 Å². The largest absolute Gasteiger partial charge is 0.309 e. The Morgan fingerprint density at radius 3 is 1.52 bits per heavy atom. The molecule has 0 aliphatic heterocycles. The summed E-state index contributed by atoms with van der Waals surface area (Å²) in [6.07, 6.45) is 6.25. The molecule has 0 saturated heterocycles. The van der Waals surface area contributed by atoms with Crippen LogP contribution in [0.25, 0.3) is 55.6 Å². The summed E-state index contributed by atoms with van der Waals surface area (Å²) in [5.41, 5.74) is 25.3. The summed E-state index contributed by atoms with van der Waals surface area (Å²) in [5.74, 6) is 0. The highest BCUT2D eigenvalue weighted by Gasteiger charge is 2.44. The van der Waals surface area contributed by atoms with Gasteiger partial charge >= 0.3 is 0 Å². The lowest BCUT2D eigenvalue weighted by atomic mass is 9.68. The van der Waals surface area contributed by atoms with Crippen molar-refractivity contribution in [2.75, 3.05) is 4.90 Å². The van der Waals surface area contributed by atoms with Crippen LogP contribution >= 0.6 is 0 Å². The first-order chi connectivity index (χ1) is 29.8. The van der Waals surface area contributed by atoms with E-state index < -0.39 is 0 Å². The molecular formula is C60H51N. The molecule has 61 heavy (non-hydrogen) atoms. The zero-order valence-electron chi connectivity index (χ0n) is 35.7. The van der Waals surface area contributed by atoms with E-state index in [1.54, 1.807) is 0 Å². The third-order valence-electron chi connectivity index (χ3n) is 15.3. The van der Waals surface area contributed by atoms with Crippen LogP contribution in [0.1, 0.15) is 93.2 Å².